The molecule has 132 valence electrons. The summed E-state index contributed by atoms with van der Waals surface area (Å²) in [7, 11) is 0. The van der Waals surface area contributed by atoms with Crippen LogP contribution in [0.2, 0.25) is 0 Å². The molecule has 0 unspecified atom stereocenters. The van der Waals surface area contributed by atoms with E-state index in [0.29, 0.717) is 23.9 Å². The molecule has 1 amide bonds. The zero-order valence-corrected chi connectivity index (χ0v) is 14.7. The summed E-state index contributed by atoms with van der Waals surface area (Å²) in [5, 5.41) is 2.86. The fourth-order valence-electron chi connectivity index (χ4n) is 2.12. The van der Waals surface area contributed by atoms with Gasteiger partial charge in [0.15, 0.2) is 0 Å². The number of amides is 1. The van der Waals surface area contributed by atoms with Crippen LogP contribution in [0.1, 0.15) is 5.56 Å². The minimum absolute atomic E-state index is 0.0366. The number of carbonyl (C=O) groups excluding carboxylic acids is 1. The van der Waals surface area contributed by atoms with Crippen molar-refractivity contribution in [1.82, 2.24) is 10.3 Å². The smallest absolute Gasteiger partial charge is 0.230 e. The summed E-state index contributed by atoms with van der Waals surface area (Å²) in [6.45, 7) is 0.401. The van der Waals surface area contributed by atoms with E-state index in [9.17, 15) is 9.18 Å². The number of ether oxygens (including phenoxy) is 1. The van der Waals surface area contributed by atoms with Crippen molar-refractivity contribution in [3.8, 4) is 11.6 Å². The lowest BCUT2D eigenvalue weighted by Gasteiger charge is -2.07. The maximum Gasteiger partial charge on any atom is 0.230 e. The normalized spacial score (nSPS) is 10.3. The predicted octanol–water partition coefficient (Wildman–Crippen LogP) is 4.42. The van der Waals surface area contributed by atoms with Gasteiger partial charge in [-0.3, -0.25) is 4.79 Å². The zero-order valence-electron chi connectivity index (χ0n) is 13.9. The van der Waals surface area contributed by atoms with Gasteiger partial charge in [-0.25, -0.2) is 9.37 Å². The maximum atomic E-state index is 12.9. The molecule has 0 bridgehead atoms. The first kappa shape index (κ1) is 17.9. The molecule has 3 rings (SSSR count). The van der Waals surface area contributed by atoms with Gasteiger partial charge in [0.25, 0.3) is 0 Å². The number of hydrogen-bond donors (Lipinski definition) is 1. The van der Waals surface area contributed by atoms with Crippen LogP contribution in [0.5, 0.6) is 11.6 Å². The number of nitrogens with one attached hydrogen (secondary N) is 1. The van der Waals surface area contributed by atoms with E-state index in [1.165, 1.54) is 36.0 Å². The van der Waals surface area contributed by atoms with Gasteiger partial charge in [0.1, 0.15) is 11.6 Å². The van der Waals surface area contributed by atoms with Crippen molar-refractivity contribution in [3.05, 3.63) is 84.3 Å². The van der Waals surface area contributed by atoms with E-state index >= 15 is 0 Å². The Hall–Kier alpha value is -2.86. The van der Waals surface area contributed by atoms with Crippen LogP contribution in [0, 0.1) is 5.82 Å². The van der Waals surface area contributed by atoms with Gasteiger partial charge < -0.3 is 10.1 Å². The lowest BCUT2D eigenvalue weighted by Crippen LogP contribution is -2.24. The summed E-state index contributed by atoms with van der Waals surface area (Å²) < 4.78 is 18.4. The molecule has 2 aromatic carbocycles. The second kappa shape index (κ2) is 9.01. The number of thioether (sulfide) groups is 1. The number of pyridine rings is 1. The molecule has 1 aromatic heterocycles. The second-order valence-corrected chi connectivity index (χ2v) is 6.49. The van der Waals surface area contributed by atoms with E-state index in [1.807, 2.05) is 36.4 Å². The Bertz CT molecular complexity index is 840. The van der Waals surface area contributed by atoms with Crippen LogP contribution in [0.3, 0.4) is 0 Å². The molecule has 3 aromatic rings. The molecule has 26 heavy (non-hydrogen) atoms. The van der Waals surface area contributed by atoms with Crippen molar-refractivity contribution in [3.63, 3.8) is 0 Å². The highest BCUT2D eigenvalue weighted by atomic mass is 32.2. The van der Waals surface area contributed by atoms with Crippen LogP contribution in [0.15, 0.2) is 77.8 Å². The van der Waals surface area contributed by atoms with Gasteiger partial charge in [-0.2, -0.15) is 0 Å². The van der Waals surface area contributed by atoms with E-state index in [1.54, 1.807) is 12.3 Å². The van der Waals surface area contributed by atoms with E-state index in [0.717, 1.165) is 10.5 Å². The first-order valence-corrected chi connectivity index (χ1v) is 9.00. The van der Waals surface area contributed by atoms with Crippen LogP contribution < -0.4 is 10.1 Å². The summed E-state index contributed by atoms with van der Waals surface area (Å²) >= 11 is 1.49. The number of aromatic nitrogens is 1. The molecule has 0 radical (unpaired) electrons. The number of rotatable bonds is 7. The Morgan fingerprint density at radius 1 is 1.04 bits per heavy atom. The Kier molecular flexibility index (Phi) is 6.22. The van der Waals surface area contributed by atoms with Crippen LogP contribution in [-0.4, -0.2) is 16.6 Å². The molecular weight excluding hydrogens is 351 g/mol. The Morgan fingerprint density at radius 2 is 1.81 bits per heavy atom. The molecular formula is C20H17FN2O2S. The van der Waals surface area contributed by atoms with Crippen LogP contribution in [0.4, 0.5) is 4.39 Å². The van der Waals surface area contributed by atoms with E-state index in [2.05, 4.69) is 10.3 Å². The molecule has 0 atom stereocenters. The predicted molar refractivity (Wildman–Crippen MR) is 99.7 cm³/mol. The highest BCUT2D eigenvalue weighted by molar-refractivity contribution is 8.00. The lowest BCUT2D eigenvalue weighted by atomic mass is 10.3. The molecule has 0 fully saturated rings. The third kappa shape index (κ3) is 5.60. The highest BCUT2D eigenvalue weighted by Gasteiger charge is 2.04. The van der Waals surface area contributed by atoms with Gasteiger partial charge in [-0.1, -0.05) is 24.3 Å². The summed E-state index contributed by atoms with van der Waals surface area (Å²) in [6.07, 6.45) is 1.64. The van der Waals surface area contributed by atoms with E-state index in [4.69, 9.17) is 4.74 Å². The summed E-state index contributed by atoms with van der Waals surface area (Å²) in [6, 6.07) is 19.1. The van der Waals surface area contributed by atoms with Crippen LogP contribution in [-0.2, 0) is 11.3 Å². The highest BCUT2D eigenvalue weighted by Crippen LogP contribution is 2.19. The van der Waals surface area contributed by atoms with Gasteiger partial charge >= 0.3 is 0 Å². The number of nitrogens with zero attached hydrogens (tertiary/aromatic N) is 1. The minimum atomic E-state index is -0.318. The van der Waals surface area contributed by atoms with Crippen molar-refractivity contribution >= 4 is 17.7 Å². The molecule has 1 N–H and O–H groups in total. The van der Waals surface area contributed by atoms with Gasteiger partial charge in [-0.05, 0) is 42.0 Å². The van der Waals surface area contributed by atoms with Crippen molar-refractivity contribution in [2.75, 3.05) is 5.75 Å². The first-order chi connectivity index (χ1) is 12.7. The SMILES string of the molecule is O=C(CSc1ccccc1)NCc1ccc(Oc2ccc(F)cc2)nc1. The Labute approximate surface area is 155 Å². The molecule has 0 aliphatic rings. The topological polar surface area (TPSA) is 51.2 Å². The molecule has 0 saturated heterocycles. The number of benzene rings is 2. The molecule has 1 heterocycles. The van der Waals surface area contributed by atoms with E-state index < -0.39 is 0 Å². The largest absolute Gasteiger partial charge is 0.439 e. The molecule has 0 aliphatic carbocycles. The fraction of sp³-hybridized carbons (Fsp3) is 0.100. The van der Waals surface area contributed by atoms with Crippen molar-refractivity contribution in [2.24, 2.45) is 0 Å². The maximum absolute atomic E-state index is 12.9. The standard InChI is InChI=1S/C20H17FN2O2S/c21-16-7-9-17(10-8-16)25-20-11-6-15(13-23-20)12-22-19(24)14-26-18-4-2-1-3-5-18/h1-11,13H,12,14H2,(H,22,24). The average molecular weight is 368 g/mol. The quantitative estimate of drug-likeness (QED) is 0.627. The minimum Gasteiger partial charge on any atom is -0.439 e. The summed E-state index contributed by atoms with van der Waals surface area (Å²) in [4.78, 5) is 17.2. The van der Waals surface area contributed by atoms with Crippen LogP contribution in [0.25, 0.3) is 0 Å². The van der Waals surface area contributed by atoms with Gasteiger partial charge in [-0.15, -0.1) is 11.8 Å². The van der Waals surface area contributed by atoms with E-state index in [-0.39, 0.29) is 11.7 Å². The molecule has 0 saturated carbocycles. The number of hydrogen-bond acceptors (Lipinski definition) is 4. The third-order valence-electron chi connectivity index (χ3n) is 3.44. The van der Waals surface area contributed by atoms with Gasteiger partial charge in [0.05, 0.1) is 5.75 Å². The van der Waals surface area contributed by atoms with Gasteiger partial charge in [0, 0.05) is 23.7 Å². The first-order valence-electron chi connectivity index (χ1n) is 8.02. The zero-order chi connectivity index (χ0) is 18.2. The number of halogens is 1. The van der Waals surface area contributed by atoms with Crippen molar-refractivity contribution < 1.29 is 13.9 Å². The molecule has 0 aliphatic heterocycles. The van der Waals surface area contributed by atoms with Crippen molar-refractivity contribution in [1.29, 1.82) is 0 Å². The monoisotopic (exact) mass is 368 g/mol. The van der Waals surface area contributed by atoms with Crippen LogP contribution >= 0.6 is 11.8 Å². The summed E-state index contributed by atoms with van der Waals surface area (Å²) in [5.74, 6) is 0.931. The van der Waals surface area contributed by atoms with Crippen molar-refractivity contribution in [2.45, 2.75) is 11.4 Å². The molecule has 6 heteroatoms. The fourth-order valence-corrected chi connectivity index (χ4v) is 2.87. The second-order valence-electron chi connectivity index (χ2n) is 5.44. The van der Waals surface area contributed by atoms with Gasteiger partial charge in [0.2, 0.25) is 11.8 Å². The number of carbonyl (C=O) groups is 1. The third-order valence-corrected chi connectivity index (χ3v) is 4.45. The Balaban J connectivity index is 1.45. The molecule has 4 nitrogen and oxygen atoms in total. The lowest BCUT2D eigenvalue weighted by molar-refractivity contribution is -0.118. The summed E-state index contributed by atoms with van der Waals surface area (Å²) in [5.41, 5.74) is 0.870. The average Bonchev–Trinajstić information content (AvgIpc) is 2.68. The Morgan fingerprint density at radius 3 is 2.50 bits per heavy atom. The molecule has 0 spiro atoms.